The zero-order chi connectivity index (χ0) is 20.4. The van der Waals surface area contributed by atoms with E-state index in [2.05, 4.69) is 11.0 Å². The number of benzene rings is 1. The van der Waals surface area contributed by atoms with Gasteiger partial charge in [-0.3, -0.25) is 24.2 Å². The van der Waals surface area contributed by atoms with Gasteiger partial charge in [-0.25, -0.2) is 0 Å². The van der Waals surface area contributed by atoms with Crippen molar-refractivity contribution < 1.29 is 14.4 Å². The van der Waals surface area contributed by atoms with Gasteiger partial charge in [-0.2, -0.15) is 0 Å². The highest BCUT2D eigenvalue weighted by molar-refractivity contribution is 6.30. The Balaban J connectivity index is 1.24. The summed E-state index contributed by atoms with van der Waals surface area (Å²) in [5, 5.41) is 0.738. The summed E-state index contributed by atoms with van der Waals surface area (Å²) >= 11 is 6.05. The smallest absolute Gasteiger partial charge is 0.233 e. The van der Waals surface area contributed by atoms with Crippen LogP contribution >= 0.6 is 11.6 Å². The molecule has 0 aromatic heterocycles. The first-order chi connectivity index (χ1) is 14.0. The molecular weight excluding hydrogens is 390 g/mol. The lowest BCUT2D eigenvalue weighted by atomic mass is 9.81. The number of fused-ring (bicyclic) bond motifs is 1. The summed E-state index contributed by atoms with van der Waals surface area (Å²) in [6.45, 7) is 4.02. The molecule has 3 amide bonds. The highest BCUT2D eigenvalue weighted by atomic mass is 35.5. The van der Waals surface area contributed by atoms with Crippen LogP contribution in [0, 0.1) is 11.8 Å². The Bertz CT molecular complexity index is 767. The highest BCUT2D eigenvalue weighted by Crippen LogP contribution is 2.38. The topological polar surface area (TPSA) is 60.9 Å². The number of piperazine rings is 1. The first-order valence-corrected chi connectivity index (χ1v) is 11.0. The molecule has 2 heterocycles. The van der Waals surface area contributed by atoms with Gasteiger partial charge in [-0.1, -0.05) is 36.6 Å². The lowest BCUT2D eigenvalue weighted by molar-refractivity contribution is -0.141. The maximum absolute atomic E-state index is 12.6. The van der Waals surface area contributed by atoms with Crippen molar-refractivity contribution >= 4 is 29.3 Å². The van der Waals surface area contributed by atoms with Crippen LogP contribution in [-0.2, 0) is 20.9 Å². The number of rotatable bonds is 5. The van der Waals surface area contributed by atoms with Crippen LogP contribution in [0.3, 0.4) is 0 Å². The molecule has 156 valence electrons. The van der Waals surface area contributed by atoms with E-state index in [4.69, 9.17) is 11.6 Å². The lowest BCUT2D eigenvalue weighted by Crippen LogP contribution is -2.49. The Morgan fingerprint density at radius 2 is 1.66 bits per heavy atom. The molecule has 2 aliphatic heterocycles. The van der Waals surface area contributed by atoms with Gasteiger partial charge < -0.3 is 4.90 Å². The van der Waals surface area contributed by atoms with E-state index in [1.807, 2.05) is 23.1 Å². The molecule has 2 saturated heterocycles. The van der Waals surface area contributed by atoms with Crippen LogP contribution in [-0.4, -0.2) is 65.1 Å². The largest absolute Gasteiger partial charge is 0.340 e. The minimum absolute atomic E-state index is 0.0304. The van der Waals surface area contributed by atoms with E-state index in [0.29, 0.717) is 13.1 Å². The Kier molecular flexibility index (Phi) is 6.20. The number of amides is 3. The monoisotopic (exact) mass is 417 g/mol. The summed E-state index contributed by atoms with van der Waals surface area (Å²) in [5.41, 5.74) is 1.17. The van der Waals surface area contributed by atoms with Gasteiger partial charge in [0.1, 0.15) is 0 Å². The second kappa shape index (κ2) is 8.84. The van der Waals surface area contributed by atoms with Gasteiger partial charge in [0.25, 0.3) is 0 Å². The molecule has 6 nitrogen and oxygen atoms in total. The van der Waals surface area contributed by atoms with Crippen LogP contribution < -0.4 is 0 Å². The normalized spacial score (nSPS) is 25.4. The van der Waals surface area contributed by atoms with E-state index in [1.54, 1.807) is 0 Å². The predicted octanol–water partition coefficient (Wildman–Crippen LogP) is 2.55. The van der Waals surface area contributed by atoms with Crippen LogP contribution in [0.4, 0.5) is 0 Å². The molecule has 7 heteroatoms. The number of carbonyl (C=O) groups is 3. The Morgan fingerprint density at radius 1 is 1.00 bits per heavy atom. The molecule has 2 atom stereocenters. The number of hydrogen-bond donors (Lipinski definition) is 0. The van der Waals surface area contributed by atoms with Gasteiger partial charge in [0.05, 0.1) is 11.8 Å². The number of nitrogens with zero attached hydrogens (tertiary/aromatic N) is 3. The molecule has 0 radical (unpaired) electrons. The summed E-state index contributed by atoms with van der Waals surface area (Å²) in [4.78, 5) is 43.2. The van der Waals surface area contributed by atoms with Gasteiger partial charge in [-0.05, 0) is 30.5 Å². The molecule has 0 N–H and O–H groups in total. The molecule has 1 aromatic rings. The summed E-state index contributed by atoms with van der Waals surface area (Å²) in [7, 11) is 0. The third kappa shape index (κ3) is 4.48. The molecule has 3 fully saturated rings. The minimum atomic E-state index is -0.138. The molecular formula is C22H28ClN3O3. The van der Waals surface area contributed by atoms with Crippen molar-refractivity contribution in [1.82, 2.24) is 14.7 Å². The van der Waals surface area contributed by atoms with E-state index in [9.17, 15) is 14.4 Å². The van der Waals surface area contributed by atoms with Crippen LogP contribution in [0.25, 0.3) is 0 Å². The second-order valence-electron chi connectivity index (χ2n) is 8.36. The van der Waals surface area contributed by atoms with Gasteiger partial charge in [-0.15, -0.1) is 0 Å². The van der Waals surface area contributed by atoms with Gasteiger partial charge in [0.15, 0.2) is 0 Å². The lowest BCUT2D eigenvalue weighted by Gasteiger charge is -2.35. The summed E-state index contributed by atoms with van der Waals surface area (Å²) in [5.74, 6) is -0.358. The first-order valence-electron chi connectivity index (χ1n) is 10.6. The van der Waals surface area contributed by atoms with Crippen LogP contribution in [0.5, 0.6) is 0 Å². The summed E-state index contributed by atoms with van der Waals surface area (Å²) in [6.07, 6.45) is 3.90. The fraction of sp³-hybridized carbons (Fsp3) is 0.591. The molecule has 0 bridgehead atoms. The van der Waals surface area contributed by atoms with Crippen molar-refractivity contribution in [3.05, 3.63) is 34.9 Å². The van der Waals surface area contributed by atoms with Gasteiger partial charge >= 0.3 is 0 Å². The average molecular weight is 418 g/mol. The van der Waals surface area contributed by atoms with Crippen molar-refractivity contribution in [3.63, 3.8) is 0 Å². The van der Waals surface area contributed by atoms with Gasteiger partial charge in [0.2, 0.25) is 17.7 Å². The third-order valence-corrected chi connectivity index (χ3v) is 6.74. The van der Waals surface area contributed by atoms with Gasteiger partial charge in [0, 0.05) is 50.7 Å². The molecule has 1 aliphatic carbocycles. The number of carbonyl (C=O) groups excluding carboxylic acids is 3. The quantitative estimate of drug-likeness (QED) is 0.691. The van der Waals surface area contributed by atoms with Crippen molar-refractivity contribution in [3.8, 4) is 0 Å². The summed E-state index contributed by atoms with van der Waals surface area (Å²) in [6, 6.07) is 7.85. The zero-order valence-corrected chi connectivity index (χ0v) is 17.4. The van der Waals surface area contributed by atoms with Crippen LogP contribution in [0.15, 0.2) is 24.3 Å². The Labute approximate surface area is 176 Å². The number of imide groups is 1. The highest BCUT2D eigenvalue weighted by Gasteiger charge is 2.47. The van der Waals surface area contributed by atoms with Crippen LogP contribution in [0.2, 0.25) is 5.02 Å². The van der Waals surface area contributed by atoms with E-state index in [0.717, 1.165) is 50.3 Å². The fourth-order valence-corrected chi connectivity index (χ4v) is 5.08. The molecule has 0 unspecified atom stereocenters. The minimum Gasteiger partial charge on any atom is -0.340 e. The van der Waals surface area contributed by atoms with Crippen molar-refractivity contribution in [2.45, 2.75) is 38.6 Å². The molecule has 29 heavy (non-hydrogen) atoms. The Hall–Kier alpha value is -1.92. The number of hydrogen-bond acceptors (Lipinski definition) is 4. The Morgan fingerprint density at radius 3 is 2.28 bits per heavy atom. The van der Waals surface area contributed by atoms with Crippen LogP contribution in [0.1, 0.15) is 37.7 Å². The van der Waals surface area contributed by atoms with Crippen molar-refractivity contribution in [2.24, 2.45) is 11.8 Å². The van der Waals surface area contributed by atoms with E-state index in [1.165, 1.54) is 10.5 Å². The number of likely N-dealkylation sites (tertiary alicyclic amines) is 1. The first kappa shape index (κ1) is 20.4. The molecule has 1 saturated carbocycles. The van der Waals surface area contributed by atoms with Crippen molar-refractivity contribution in [2.75, 3.05) is 32.7 Å². The van der Waals surface area contributed by atoms with E-state index < -0.39 is 0 Å². The summed E-state index contributed by atoms with van der Waals surface area (Å²) < 4.78 is 0. The maximum atomic E-state index is 12.6. The molecule has 4 rings (SSSR count). The SMILES string of the molecule is O=C(CCN1C(=O)[C@@H]2CCCC[C@H]2C1=O)N1CCN(Cc2cccc(Cl)c2)CC1. The zero-order valence-electron chi connectivity index (χ0n) is 16.7. The molecule has 3 aliphatic rings. The van der Waals surface area contributed by atoms with E-state index in [-0.39, 0.29) is 42.5 Å². The van der Waals surface area contributed by atoms with E-state index >= 15 is 0 Å². The second-order valence-corrected chi connectivity index (χ2v) is 8.80. The molecule has 1 aromatic carbocycles. The third-order valence-electron chi connectivity index (χ3n) is 6.50. The average Bonchev–Trinajstić information content (AvgIpc) is 2.97. The predicted molar refractivity (Wildman–Crippen MR) is 110 cm³/mol. The van der Waals surface area contributed by atoms with Crippen molar-refractivity contribution in [1.29, 1.82) is 0 Å². The maximum Gasteiger partial charge on any atom is 0.233 e. The fourth-order valence-electron chi connectivity index (χ4n) is 4.87. The molecule has 0 spiro atoms. The number of halogens is 1. The standard InChI is InChI=1S/C22H28ClN3O3/c23-17-5-3-4-16(14-17)15-24-10-12-25(13-11-24)20(27)8-9-26-21(28)18-6-1-2-7-19(18)22(26)29/h3-5,14,18-19H,1-2,6-13,15H2/t18-,19-/m1/s1.